The van der Waals surface area contributed by atoms with E-state index in [1.54, 1.807) is 30.6 Å². The topological polar surface area (TPSA) is 165 Å². The van der Waals surface area contributed by atoms with Crippen molar-refractivity contribution in [1.82, 2.24) is 20.6 Å². The number of aromatic nitrogens is 2. The Labute approximate surface area is 316 Å². The Balaban J connectivity index is 1.44. The lowest BCUT2D eigenvalue weighted by atomic mass is 9.95. The lowest BCUT2D eigenvalue weighted by molar-refractivity contribution is -0.142. The summed E-state index contributed by atoms with van der Waals surface area (Å²) in [5.74, 6) is -1.66. The van der Waals surface area contributed by atoms with Gasteiger partial charge in [0.1, 0.15) is 27.7 Å². The van der Waals surface area contributed by atoms with Gasteiger partial charge in [0.15, 0.2) is 5.82 Å². The van der Waals surface area contributed by atoms with E-state index < -0.39 is 45.5 Å². The largest absolute Gasteiger partial charge is 0.494 e. The second kappa shape index (κ2) is 18.9. The van der Waals surface area contributed by atoms with Gasteiger partial charge >= 0.3 is 5.97 Å². The van der Waals surface area contributed by atoms with Crippen molar-refractivity contribution in [2.24, 2.45) is 0 Å². The number of nitrogens with one attached hydrogen (secondary N) is 2. The third-order valence-corrected chi connectivity index (χ3v) is 11.1. The molecule has 2 unspecified atom stereocenters. The molecule has 2 atom stereocenters. The number of amides is 2. The highest BCUT2D eigenvalue weighted by atomic mass is 32.2. The van der Waals surface area contributed by atoms with E-state index in [9.17, 15) is 27.9 Å². The molecule has 0 aliphatic carbocycles. The predicted octanol–water partition coefficient (Wildman–Crippen LogP) is 6.86. The second-order valence-electron chi connectivity index (χ2n) is 14.2. The zero-order valence-electron chi connectivity index (χ0n) is 31.1. The fourth-order valence-electron chi connectivity index (χ4n) is 5.45. The number of sulfone groups is 1. The molecule has 2 aromatic heterocycles. The average molecular weight is 763 g/mol. The standard InChI is InChI=1S/C40H50N4O7S2/c1-6-7-8-9-10-22-51-31-17-15-28(16-18-31)30-25-41-36(42-26-30)29-13-11-27(12-14-29)24-33(37(45)43-32(39(47)48)21-23-53(5,49)50)44-38(46)34-19-20-35(52-34)40(2,3)4/h11-20,25-26,32-33H,6-10,21-24H2,1-5H3,(H,43,45)(H,44,46)(H,47,48). The van der Waals surface area contributed by atoms with Crippen molar-refractivity contribution in [2.75, 3.05) is 18.6 Å². The van der Waals surface area contributed by atoms with Crippen LogP contribution in [-0.2, 0) is 31.3 Å². The second-order valence-corrected chi connectivity index (χ2v) is 17.6. The number of nitrogens with zero attached hydrogens (tertiary/aromatic N) is 2. The Morgan fingerprint density at radius 3 is 2.06 bits per heavy atom. The summed E-state index contributed by atoms with van der Waals surface area (Å²) < 4.78 is 29.3. The van der Waals surface area contributed by atoms with Gasteiger partial charge in [0, 0.05) is 41.1 Å². The Bertz CT molecular complexity index is 1920. The van der Waals surface area contributed by atoms with Crippen LogP contribution in [0, 0.1) is 0 Å². The van der Waals surface area contributed by atoms with Gasteiger partial charge in [0.25, 0.3) is 5.91 Å². The number of unbranched alkanes of at least 4 members (excludes halogenated alkanes) is 4. The van der Waals surface area contributed by atoms with Gasteiger partial charge in [-0.15, -0.1) is 11.3 Å². The van der Waals surface area contributed by atoms with Crippen molar-refractivity contribution >= 4 is 39.0 Å². The number of carbonyl (C=O) groups excluding carboxylic acids is 2. The van der Waals surface area contributed by atoms with Crippen LogP contribution in [0.2, 0.25) is 0 Å². The normalized spacial score (nSPS) is 12.8. The monoisotopic (exact) mass is 762 g/mol. The molecule has 13 heteroatoms. The van der Waals surface area contributed by atoms with Gasteiger partial charge in [-0.1, -0.05) is 89.8 Å². The summed E-state index contributed by atoms with van der Waals surface area (Å²) in [6, 6.07) is 16.1. The first-order chi connectivity index (χ1) is 25.1. The molecule has 0 saturated heterocycles. The molecule has 0 radical (unpaired) electrons. The highest BCUT2D eigenvalue weighted by Gasteiger charge is 2.29. The average Bonchev–Trinajstić information content (AvgIpc) is 3.63. The van der Waals surface area contributed by atoms with Crippen LogP contribution in [0.4, 0.5) is 0 Å². The van der Waals surface area contributed by atoms with Crippen LogP contribution in [0.1, 0.15) is 86.3 Å². The van der Waals surface area contributed by atoms with E-state index in [0.717, 1.165) is 40.0 Å². The molecule has 11 nitrogen and oxygen atoms in total. The number of thiophene rings is 1. The highest BCUT2D eigenvalue weighted by molar-refractivity contribution is 7.90. The quantitative estimate of drug-likeness (QED) is 0.0866. The molecule has 0 fully saturated rings. The van der Waals surface area contributed by atoms with Gasteiger partial charge in [0.05, 0.1) is 17.2 Å². The Morgan fingerprint density at radius 2 is 1.47 bits per heavy atom. The summed E-state index contributed by atoms with van der Waals surface area (Å²) in [6.07, 6.45) is 10.2. The van der Waals surface area contributed by atoms with E-state index >= 15 is 0 Å². The smallest absolute Gasteiger partial charge is 0.326 e. The molecule has 0 aliphatic heterocycles. The van der Waals surface area contributed by atoms with Crippen LogP contribution in [0.3, 0.4) is 0 Å². The predicted molar refractivity (Wildman–Crippen MR) is 209 cm³/mol. The Morgan fingerprint density at radius 1 is 0.830 bits per heavy atom. The summed E-state index contributed by atoms with van der Waals surface area (Å²) in [5, 5.41) is 14.9. The van der Waals surface area contributed by atoms with E-state index in [2.05, 4.69) is 27.5 Å². The minimum atomic E-state index is -3.47. The summed E-state index contributed by atoms with van der Waals surface area (Å²) in [7, 11) is -3.47. The summed E-state index contributed by atoms with van der Waals surface area (Å²) in [5.41, 5.74) is 3.09. The lowest BCUT2D eigenvalue weighted by Gasteiger charge is -2.21. The number of carboxylic acid groups (broad SMARTS) is 1. The van der Waals surface area contributed by atoms with E-state index in [-0.39, 0.29) is 18.3 Å². The molecule has 53 heavy (non-hydrogen) atoms. The van der Waals surface area contributed by atoms with Crippen molar-refractivity contribution in [3.05, 3.63) is 88.4 Å². The SMILES string of the molecule is CCCCCCCOc1ccc(-c2cnc(-c3ccc(CC(NC(=O)c4ccc(C(C)(C)C)s4)C(=O)NC(CCS(C)(=O)=O)C(=O)O)cc3)nc2)cc1. The first-order valence-electron chi connectivity index (χ1n) is 17.9. The first kappa shape index (κ1) is 41.1. The molecule has 0 aliphatic rings. The van der Waals surface area contributed by atoms with Gasteiger partial charge in [-0.2, -0.15) is 0 Å². The maximum Gasteiger partial charge on any atom is 0.326 e. The van der Waals surface area contributed by atoms with Crippen LogP contribution in [0.25, 0.3) is 22.5 Å². The molecule has 284 valence electrons. The molecule has 0 saturated carbocycles. The third-order valence-electron chi connectivity index (χ3n) is 8.59. The van der Waals surface area contributed by atoms with E-state index in [1.807, 2.05) is 63.2 Å². The molecular formula is C40H50N4O7S2. The van der Waals surface area contributed by atoms with Crippen LogP contribution in [0.5, 0.6) is 5.75 Å². The zero-order chi connectivity index (χ0) is 38.6. The van der Waals surface area contributed by atoms with Crippen LogP contribution in [0.15, 0.2) is 73.1 Å². The molecule has 4 aromatic rings. The highest BCUT2D eigenvalue weighted by Crippen LogP contribution is 2.29. The van der Waals surface area contributed by atoms with Crippen molar-refractivity contribution in [3.8, 4) is 28.3 Å². The molecule has 0 spiro atoms. The number of aliphatic carboxylic acids is 1. The van der Waals surface area contributed by atoms with E-state index in [4.69, 9.17) is 4.74 Å². The van der Waals surface area contributed by atoms with Crippen LogP contribution < -0.4 is 15.4 Å². The van der Waals surface area contributed by atoms with Crippen molar-refractivity contribution in [1.29, 1.82) is 0 Å². The number of ether oxygens (including phenoxy) is 1. The minimum Gasteiger partial charge on any atom is -0.494 e. The number of carboxylic acids is 1. The summed E-state index contributed by atoms with van der Waals surface area (Å²) >= 11 is 1.32. The van der Waals surface area contributed by atoms with Gasteiger partial charge in [-0.3, -0.25) is 9.59 Å². The van der Waals surface area contributed by atoms with Gasteiger partial charge < -0.3 is 20.5 Å². The zero-order valence-corrected chi connectivity index (χ0v) is 32.7. The van der Waals surface area contributed by atoms with Gasteiger partial charge in [-0.25, -0.2) is 23.2 Å². The number of rotatable bonds is 19. The van der Waals surface area contributed by atoms with Crippen molar-refractivity contribution in [2.45, 2.75) is 90.1 Å². The minimum absolute atomic E-state index is 0.0478. The van der Waals surface area contributed by atoms with Crippen LogP contribution in [-0.4, -0.2) is 72.0 Å². The number of carbonyl (C=O) groups is 3. The number of hydrogen-bond donors (Lipinski definition) is 3. The van der Waals surface area contributed by atoms with Crippen LogP contribution >= 0.6 is 11.3 Å². The van der Waals surface area contributed by atoms with Gasteiger partial charge in [-0.05, 0) is 53.6 Å². The summed E-state index contributed by atoms with van der Waals surface area (Å²) in [4.78, 5) is 49.3. The molecule has 4 rings (SSSR count). The van der Waals surface area contributed by atoms with E-state index in [0.29, 0.717) is 22.9 Å². The lowest BCUT2D eigenvalue weighted by Crippen LogP contribution is -2.52. The Hall–Kier alpha value is -4.62. The van der Waals surface area contributed by atoms with E-state index in [1.165, 1.54) is 37.0 Å². The maximum atomic E-state index is 13.5. The van der Waals surface area contributed by atoms with Crippen molar-refractivity contribution in [3.63, 3.8) is 0 Å². The Kier molecular flexibility index (Phi) is 14.7. The molecule has 3 N–H and O–H groups in total. The first-order valence-corrected chi connectivity index (χ1v) is 20.8. The third kappa shape index (κ3) is 13.1. The molecule has 2 amide bonds. The number of hydrogen-bond acceptors (Lipinski definition) is 9. The van der Waals surface area contributed by atoms with Gasteiger partial charge in [0.2, 0.25) is 5.91 Å². The molecule has 2 aromatic carbocycles. The number of benzene rings is 2. The maximum absolute atomic E-state index is 13.5. The summed E-state index contributed by atoms with van der Waals surface area (Å²) in [6.45, 7) is 9.01. The fraction of sp³-hybridized carbons (Fsp3) is 0.425. The molecule has 2 heterocycles. The molecular weight excluding hydrogens is 713 g/mol. The van der Waals surface area contributed by atoms with Crippen molar-refractivity contribution < 1.29 is 32.6 Å². The molecule has 0 bridgehead atoms. The fourth-order valence-corrected chi connectivity index (χ4v) is 7.09.